The van der Waals surface area contributed by atoms with Crippen molar-refractivity contribution in [3.8, 4) is 0 Å². The SMILES string of the molecule is CCC(CC)(CNC(=O)N(CCC(=O)O)C(C)(C)C)SC. The van der Waals surface area contributed by atoms with Crippen molar-refractivity contribution in [2.45, 2.75) is 64.2 Å². The van der Waals surface area contributed by atoms with Crippen molar-refractivity contribution >= 4 is 23.8 Å². The van der Waals surface area contributed by atoms with E-state index in [1.54, 1.807) is 16.7 Å². The summed E-state index contributed by atoms with van der Waals surface area (Å²) >= 11 is 1.77. The largest absolute Gasteiger partial charge is 0.481 e. The predicted molar refractivity (Wildman–Crippen MR) is 88.9 cm³/mol. The second kappa shape index (κ2) is 8.51. The second-order valence-electron chi connectivity index (χ2n) is 6.22. The molecular weight excluding hydrogens is 288 g/mol. The molecular formula is C15H30N2O3S. The summed E-state index contributed by atoms with van der Waals surface area (Å²) in [6.45, 7) is 10.8. The fourth-order valence-electron chi connectivity index (χ4n) is 2.14. The summed E-state index contributed by atoms with van der Waals surface area (Å²) < 4.78 is 0.0476. The van der Waals surface area contributed by atoms with Crippen LogP contribution in [-0.4, -0.2) is 51.6 Å². The lowest BCUT2D eigenvalue weighted by atomic mass is 10.0. The van der Waals surface area contributed by atoms with Gasteiger partial charge in [0.1, 0.15) is 0 Å². The Bertz CT molecular complexity index is 341. The van der Waals surface area contributed by atoms with Crippen molar-refractivity contribution in [1.82, 2.24) is 10.2 Å². The van der Waals surface area contributed by atoms with Crippen LogP contribution in [0.5, 0.6) is 0 Å². The van der Waals surface area contributed by atoms with Crippen LogP contribution in [0.1, 0.15) is 53.9 Å². The standard InChI is InChI=1S/C15H30N2O3S/c1-7-15(8-2,21-6)11-16-13(20)17(14(3,4)5)10-9-12(18)19/h7-11H2,1-6H3,(H,16,20)(H,18,19). The molecule has 0 aromatic heterocycles. The number of carboxylic acid groups (broad SMARTS) is 1. The second-order valence-corrected chi connectivity index (χ2v) is 7.49. The quantitative estimate of drug-likeness (QED) is 0.721. The predicted octanol–water partition coefficient (Wildman–Crippen LogP) is 3.19. The molecule has 0 unspecified atom stereocenters. The van der Waals surface area contributed by atoms with Crippen LogP contribution < -0.4 is 5.32 Å². The lowest BCUT2D eigenvalue weighted by Gasteiger charge is -2.37. The summed E-state index contributed by atoms with van der Waals surface area (Å²) in [6, 6.07) is -0.191. The highest BCUT2D eigenvalue weighted by atomic mass is 32.2. The topological polar surface area (TPSA) is 69.6 Å². The molecule has 0 saturated carbocycles. The van der Waals surface area contributed by atoms with Gasteiger partial charge in [-0.25, -0.2) is 4.79 Å². The first-order valence-corrected chi connectivity index (χ1v) is 8.66. The third-order valence-electron chi connectivity index (χ3n) is 3.89. The molecule has 0 fully saturated rings. The van der Waals surface area contributed by atoms with E-state index in [2.05, 4.69) is 25.4 Å². The number of nitrogens with zero attached hydrogens (tertiary/aromatic N) is 1. The van der Waals surface area contributed by atoms with Crippen molar-refractivity contribution < 1.29 is 14.7 Å². The molecule has 0 aliphatic heterocycles. The van der Waals surface area contributed by atoms with Crippen molar-refractivity contribution in [2.75, 3.05) is 19.3 Å². The molecule has 0 spiro atoms. The van der Waals surface area contributed by atoms with Crippen molar-refractivity contribution in [2.24, 2.45) is 0 Å². The van der Waals surface area contributed by atoms with Gasteiger partial charge in [0.2, 0.25) is 0 Å². The molecule has 0 radical (unpaired) electrons. The number of aliphatic carboxylic acids is 1. The summed E-state index contributed by atoms with van der Waals surface area (Å²) in [5, 5.41) is 11.8. The maximum absolute atomic E-state index is 12.4. The summed E-state index contributed by atoms with van der Waals surface area (Å²) in [4.78, 5) is 24.8. The van der Waals surface area contributed by atoms with Crippen LogP contribution in [0.15, 0.2) is 0 Å². The van der Waals surface area contributed by atoms with Crippen LogP contribution in [0.4, 0.5) is 4.79 Å². The van der Waals surface area contributed by atoms with E-state index >= 15 is 0 Å². The molecule has 21 heavy (non-hydrogen) atoms. The van der Waals surface area contributed by atoms with E-state index in [4.69, 9.17) is 5.11 Å². The van der Waals surface area contributed by atoms with Crippen LogP contribution in [-0.2, 0) is 4.79 Å². The third-order valence-corrected chi connectivity index (χ3v) is 5.48. The normalized spacial score (nSPS) is 12.1. The van der Waals surface area contributed by atoms with Gasteiger partial charge in [-0.15, -0.1) is 0 Å². The van der Waals surface area contributed by atoms with E-state index in [0.29, 0.717) is 6.54 Å². The smallest absolute Gasteiger partial charge is 0.317 e. The van der Waals surface area contributed by atoms with Gasteiger partial charge in [-0.2, -0.15) is 11.8 Å². The number of nitrogens with one attached hydrogen (secondary N) is 1. The molecule has 0 bridgehead atoms. The number of urea groups is 1. The van der Waals surface area contributed by atoms with Crippen LogP contribution in [0.25, 0.3) is 0 Å². The Morgan fingerprint density at radius 2 is 1.71 bits per heavy atom. The van der Waals surface area contributed by atoms with Crippen LogP contribution in [0, 0.1) is 0 Å². The minimum atomic E-state index is -0.891. The molecule has 0 rings (SSSR count). The monoisotopic (exact) mass is 318 g/mol. The van der Waals surface area contributed by atoms with E-state index in [9.17, 15) is 9.59 Å². The molecule has 0 aliphatic carbocycles. The third kappa shape index (κ3) is 6.59. The maximum Gasteiger partial charge on any atom is 0.317 e. The summed E-state index contributed by atoms with van der Waals surface area (Å²) in [6.07, 6.45) is 3.98. The molecule has 0 aliphatic rings. The van der Waals surface area contributed by atoms with Crippen LogP contribution >= 0.6 is 11.8 Å². The fourth-order valence-corrected chi connectivity index (χ4v) is 2.94. The van der Waals surface area contributed by atoms with Gasteiger partial charge in [0.15, 0.2) is 0 Å². The van der Waals surface area contributed by atoms with E-state index in [-0.39, 0.29) is 23.7 Å². The Balaban J connectivity index is 4.79. The fraction of sp³-hybridized carbons (Fsp3) is 0.867. The average molecular weight is 318 g/mol. The molecule has 2 N–H and O–H groups in total. The molecule has 0 saturated heterocycles. The molecule has 124 valence electrons. The minimum Gasteiger partial charge on any atom is -0.481 e. The summed E-state index contributed by atoms with van der Waals surface area (Å²) in [5.74, 6) is -0.891. The molecule has 0 atom stereocenters. The molecule has 5 nitrogen and oxygen atoms in total. The maximum atomic E-state index is 12.4. The average Bonchev–Trinajstić information content (AvgIpc) is 2.39. The first kappa shape index (κ1) is 20.1. The first-order valence-electron chi connectivity index (χ1n) is 7.44. The molecule has 0 aromatic rings. The number of carbonyl (C=O) groups excluding carboxylic acids is 1. The number of thioether (sulfide) groups is 1. The van der Waals surface area contributed by atoms with E-state index in [0.717, 1.165) is 12.8 Å². The molecule has 0 heterocycles. The molecule has 6 heteroatoms. The van der Waals surface area contributed by atoms with E-state index < -0.39 is 11.5 Å². The van der Waals surface area contributed by atoms with Crippen LogP contribution in [0.3, 0.4) is 0 Å². The van der Waals surface area contributed by atoms with Crippen LogP contribution in [0.2, 0.25) is 0 Å². The first-order chi connectivity index (χ1) is 9.61. The molecule has 0 aromatic carbocycles. The molecule has 2 amide bonds. The van der Waals surface area contributed by atoms with Gasteiger partial charge in [-0.05, 0) is 39.9 Å². The van der Waals surface area contributed by atoms with Crippen molar-refractivity contribution in [3.63, 3.8) is 0 Å². The van der Waals surface area contributed by atoms with Gasteiger partial charge in [0, 0.05) is 23.4 Å². The highest BCUT2D eigenvalue weighted by Crippen LogP contribution is 2.29. The highest BCUT2D eigenvalue weighted by molar-refractivity contribution is 8.00. The number of hydrogen-bond donors (Lipinski definition) is 2. The zero-order valence-electron chi connectivity index (χ0n) is 14.2. The Morgan fingerprint density at radius 3 is 2.05 bits per heavy atom. The summed E-state index contributed by atoms with van der Waals surface area (Å²) in [5.41, 5.74) is -0.403. The minimum absolute atomic E-state index is 0.0417. The van der Waals surface area contributed by atoms with Gasteiger partial charge in [-0.3, -0.25) is 4.79 Å². The van der Waals surface area contributed by atoms with Gasteiger partial charge < -0.3 is 15.3 Å². The zero-order chi connectivity index (χ0) is 16.7. The highest BCUT2D eigenvalue weighted by Gasteiger charge is 2.30. The van der Waals surface area contributed by atoms with E-state index in [1.165, 1.54) is 0 Å². The number of carbonyl (C=O) groups is 2. The number of amides is 2. The van der Waals surface area contributed by atoms with Crippen molar-refractivity contribution in [3.05, 3.63) is 0 Å². The van der Waals surface area contributed by atoms with Gasteiger partial charge >= 0.3 is 12.0 Å². The Kier molecular flexibility index (Phi) is 8.14. The lowest BCUT2D eigenvalue weighted by Crippen LogP contribution is -2.53. The number of hydrogen-bond acceptors (Lipinski definition) is 3. The summed E-state index contributed by atoms with van der Waals surface area (Å²) in [7, 11) is 0. The lowest BCUT2D eigenvalue weighted by molar-refractivity contribution is -0.137. The van der Waals surface area contributed by atoms with Gasteiger partial charge in [0.25, 0.3) is 0 Å². The van der Waals surface area contributed by atoms with Crippen molar-refractivity contribution in [1.29, 1.82) is 0 Å². The van der Waals surface area contributed by atoms with Gasteiger partial charge in [-0.1, -0.05) is 13.8 Å². The number of rotatable bonds is 8. The number of carboxylic acids is 1. The zero-order valence-corrected chi connectivity index (χ0v) is 15.0. The Morgan fingerprint density at radius 1 is 1.19 bits per heavy atom. The van der Waals surface area contributed by atoms with Gasteiger partial charge in [0.05, 0.1) is 6.42 Å². The van der Waals surface area contributed by atoms with E-state index in [1.807, 2.05) is 20.8 Å². The Labute approximate surface area is 132 Å². The Hall–Kier alpha value is -0.910.